The van der Waals surface area contributed by atoms with E-state index >= 15 is 0 Å². The molecule has 2 N–H and O–H groups in total. The second-order valence-electron chi connectivity index (χ2n) is 4.60. The van der Waals surface area contributed by atoms with E-state index in [4.69, 9.17) is 10.5 Å². The van der Waals surface area contributed by atoms with Crippen molar-refractivity contribution >= 4 is 11.7 Å². The minimum atomic E-state index is -0.925. The molecule has 0 unspecified atom stereocenters. The molecule has 0 bridgehead atoms. The van der Waals surface area contributed by atoms with E-state index in [-0.39, 0.29) is 12.3 Å². The summed E-state index contributed by atoms with van der Waals surface area (Å²) in [5, 5.41) is 0. The summed E-state index contributed by atoms with van der Waals surface area (Å²) in [5.41, 5.74) is 6.34. The first-order chi connectivity index (χ1) is 10.0. The second-order valence-corrected chi connectivity index (χ2v) is 4.60. The third-order valence-electron chi connectivity index (χ3n) is 3.11. The maximum atomic E-state index is 13.6. The molecule has 3 nitrogen and oxygen atoms in total. The summed E-state index contributed by atoms with van der Waals surface area (Å²) in [6, 6.07) is 9.01. The third kappa shape index (κ3) is 3.56. The Hall–Kier alpha value is -2.43. The fraction of sp³-hybridized carbons (Fsp3) is 0.188. The molecule has 2 aromatic carbocycles. The molecule has 2 aromatic rings. The smallest absolute Gasteiger partial charge is 0.341 e. The number of hydrogen-bond acceptors (Lipinski definition) is 3. The van der Waals surface area contributed by atoms with Gasteiger partial charge >= 0.3 is 5.97 Å². The predicted molar refractivity (Wildman–Crippen MR) is 75.7 cm³/mol. The number of rotatable bonds is 4. The van der Waals surface area contributed by atoms with Gasteiger partial charge in [0.25, 0.3) is 0 Å². The first-order valence-corrected chi connectivity index (χ1v) is 6.50. The highest BCUT2D eigenvalue weighted by molar-refractivity contribution is 5.90. The van der Waals surface area contributed by atoms with Crippen LogP contribution in [0.1, 0.15) is 28.4 Å². The quantitative estimate of drug-likeness (QED) is 0.693. The summed E-state index contributed by atoms with van der Waals surface area (Å²) in [5.74, 6) is -2.68. The first-order valence-electron chi connectivity index (χ1n) is 6.50. The van der Waals surface area contributed by atoms with Gasteiger partial charge < -0.3 is 10.5 Å². The van der Waals surface area contributed by atoms with Crippen molar-refractivity contribution in [3.63, 3.8) is 0 Å². The van der Waals surface area contributed by atoms with Crippen molar-refractivity contribution in [2.45, 2.75) is 20.0 Å². The van der Waals surface area contributed by atoms with Gasteiger partial charge in [-0.25, -0.2) is 13.6 Å². The van der Waals surface area contributed by atoms with Gasteiger partial charge in [0.2, 0.25) is 0 Å². The molecule has 0 saturated heterocycles. The fourth-order valence-electron chi connectivity index (χ4n) is 1.82. The van der Waals surface area contributed by atoms with Crippen LogP contribution in [0.15, 0.2) is 36.4 Å². The molecule has 5 heteroatoms. The maximum Gasteiger partial charge on any atom is 0.341 e. The highest BCUT2D eigenvalue weighted by Crippen LogP contribution is 2.18. The number of carbonyl (C=O) groups excluding carboxylic acids is 1. The number of aryl methyl sites for hydroxylation is 1. The van der Waals surface area contributed by atoms with Gasteiger partial charge in [-0.3, -0.25) is 0 Å². The zero-order valence-electron chi connectivity index (χ0n) is 11.5. The lowest BCUT2D eigenvalue weighted by Crippen LogP contribution is -2.09. The van der Waals surface area contributed by atoms with Crippen LogP contribution in [-0.2, 0) is 17.8 Å². The molecule has 21 heavy (non-hydrogen) atoms. The van der Waals surface area contributed by atoms with E-state index in [2.05, 4.69) is 0 Å². The van der Waals surface area contributed by atoms with Crippen LogP contribution >= 0.6 is 0 Å². The Balaban J connectivity index is 2.06. The summed E-state index contributed by atoms with van der Waals surface area (Å²) in [4.78, 5) is 11.8. The number of nitrogens with two attached hydrogens (primary N) is 1. The normalized spacial score (nSPS) is 10.4. The van der Waals surface area contributed by atoms with E-state index in [0.29, 0.717) is 0 Å². The van der Waals surface area contributed by atoms with E-state index in [1.54, 1.807) is 0 Å². The lowest BCUT2D eigenvalue weighted by Gasteiger charge is -2.07. The molecule has 0 aliphatic carbocycles. The maximum absolute atomic E-state index is 13.6. The third-order valence-corrected chi connectivity index (χ3v) is 3.11. The molecule has 0 atom stereocenters. The summed E-state index contributed by atoms with van der Waals surface area (Å²) in [6.45, 7) is 2.03. The van der Waals surface area contributed by atoms with Crippen molar-refractivity contribution in [2.75, 3.05) is 5.73 Å². The highest BCUT2D eigenvalue weighted by Gasteiger charge is 2.16. The molecular formula is C16H15F2NO2. The number of halogens is 2. The average Bonchev–Trinajstić information content (AvgIpc) is 2.49. The molecule has 0 heterocycles. The van der Waals surface area contributed by atoms with Crippen LogP contribution in [0.3, 0.4) is 0 Å². The van der Waals surface area contributed by atoms with Crippen molar-refractivity contribution in [2.24, 2.45) is 0 Å². The number of carbonyl (C=O) groups is 1. The summed E-state index contributed by atoms with van der Waals surface area (Å²) >= 11 is 0. The van der Waals surface area contributed by atoms with E-state index in [1.807, 2.05) is 31.2 Å². The minimum Gasteiger partial charge on any atom is -0.457 e. The van der Waals surface area contributed by atoms with Gasteiger partial charge in [-0.05, 0) is 23.6 Å². The Bertz CT molecular complexity index is 654. The fourth-order valence-corrected chi connectivity index (χ4v) is 1.82. The van der Waals surface area contributed by atoms with E-state index in [9.17, 15) is 13.6 Å². The van der Waals surface area contributed by atoms with Gasteiger partial charge in [0.1, 0.15) is 18.2 Å². The molecule has 0 amide bonds. The van der Waals surface area contributed by atoms with Crippen molar-refractivity contribution in [1.29, 1.82) is 0 Å². The number of esters is 1. The molecule has 0 aliphatic rings. The number of anilines is 1. The molecule has 0 saturated carbocycles. The van der Waals surface area contributed by atoms with Gasteiger partial charge in [0, 0.05) is 6.07 Å². The lowest BCUT2D eigenvalue weighted by molar-refractivity contribution is 0.0467. The molecule has 0 fully saturated rings. The number of ether oxygens (including phenoxy) is 1. The number of nitrogen functional groups attached to an aromatic ring is 1. The summed E-state index contributed by atoms with van der Waals surface area (Å²) in [7, 11) is 0. The van der Waals surface area contributed by atoms with Crippen molar-refractivity contribution in [3.05, 3.63) is 64.7 Å². The standard InChI is InChI=1S/C16H15F2NO2/c1-2-10-3-5-11(6-4-10)9-21-16(20)12-7-14(18)15(19)8-13(12)17/h3-8H,2,9,19H2,1H3. The van der Waals surface area contributed by atoms with Crippen LogP contribution in [0.25, 0.3) is 0 Å². The molecule has 2 rings (SSSR count). The van der Waals surface area contributed by atoms with Crippen LogP contribution in [0.4, 0.5) is 14.5 Å². The first kappa shape index (κ1) is 15.0. The molecule has 110 valence electrons. The van der Waals surface area contributed by atoms with Crippen molar-refractivity contribution in [3.8, 4) is 0 Å². The Morgan fingerprint density at radius 1 is 1.10 bits per heavy atom. The Kier molecular flexibility index (Phi) is 4.52. The largest absolute Gasteiger partial charge is 0.457 e. The zero-order valence-corrected chi connectivity index (χ0v) is 11.5. The lowest BCUT2D eigenvalue weighted by atomic mass is 10.1. The monoisotopic (exact) mass is 291 g/mol. The Labute approximate surface area is 121 Å². The Morgan fingerprint density at radius 2 is 1.71 bits per heavy atom. The molecular weight excluding hydrogens is 276 g/mol. The molecule has 0 spiro atoms. The summed E-state index contributed by atoms with van der Waals surface area (Å²) in [6.07, 6.45) is 0.913. The van der Waals surface area contributed by atoms with Gasteiger partial charge in [-0.15, -0.1) is 0 Å². The van der Waals surface area contributed by atoms with Crippen molar-refractivity contribution in [1.82, 2.24) is 0 Å². The molecule has 0 aliphatic heterocycles. The van der Waals surface area contributed by atoms with Crippen LogP contribution in [0.2, 0.25) is 0 Å². The topological polar surface area (TPSA) is 52.3 Å². The zero-order chi connectivity index (χ0) is 15.4. The molecule has 0 radical (unpaired) electrons. The van der Waals surface area contributed by atoms with E-state index in [1.165, 1.54) is 0 Å². The Morgan fingerprint density at radius 3 is 2.33 bits per heavy atom. The van der Waals surface area contributed by atoms with Crippen LogP contribution in [0.5, 0.6) is 0 Å². The van der Waals surface area contributed by atoms with Crippen molar-refractivity contribution < 1.29 is 18.3 Å². The van der Waals surface area contributed by atoms with E-state index in [0.717, 1.165) is 29.7 Å². The average molecular weight is 291 g/mol. The summed E-state index contributed by atoms with van der Waals surface area (Å²) < 4.78 is 31.8. The van der Waals surface area contributed by atoms with Crippen LogP contribution in [0, 0.1) is 11.6 Å². The van der Waals surface area contributed by atoms with Gasteiger partial charge in [-0.1, -0.05) is 31.2 Å². The van der Waals surface area contributed by atoms with Gasteiger partial charge in [-0.2, -0.15) is 0 Å². The molecule has 0 aromatic heterocycles. The second kappa shape index (κ2) is 6.35. The van der Waals surface area contributed by atoms with Crippen LogP contribution in [-0.4, -0.2) is 5.97 Å². The predicted octanol–water partition coefficient (Wildman–Crippen LogP) is 3.47. The van der Waals surface area contributed by atoms with Gasteiger partial charge in [0.05, 0.1) is 11.3 Å². The van der Waals surface area contributed by atoms with Crippen LogP contribution < -0.4 is 5.73 Å². The van der Waals surface area contributed by atoms with Gasteiger partial charge in [0.15, 0.2) is 0 Å². The van der Waals surface area contributed by atoms with E-state index < -0.39 is 23.2 Å². The SMILES string of the molecule is CCc1ccc(COC(=O)c2cc(F)c(N)cc2F)cc1. The number of hydrogen-bond donors (Lipinski definition) is 1. The number of benzene rings is 2. The minimum absolute atomic E-state index is 0.00569. The highest BCUT2D eigenvalue weighted by atomic mass is 19.1.